The van der Waals surface area contributed by atoms with Crippen molar-refractivity contribution in [3.05, 3.63) is 23.5 Å². The third-order valence-corrected chi connectivity index (χ3v) is 2.81. The molecule has 0 aliphatic carbocycles. The van der Waals surface area contributed by atoms with Crippen LogP contribution in [-0.2, 0) is 0 Å². The zero-order chi connectivity index (χ0) is 13.8. The highest BCUT2D eigenvalue weighted by Crippen LogP contribution is 2.12. The average molecular weight is 286 g/mol. The summed E-state index contributed by atoms with van der Waals surface area (Å²) in [6, 6.07) is 1.88. The van der Waals surface area contributed by atoms with Gasteiger partial charge in [-0.1, -0.05) is 11.6 Å². The van der Waals surface area contributed by atoms with E-state index in [1.165, 1.54) is 0 Å². The average Bonchev–Trinajstić information content (AvgIpc) is 2.41. The Balaban J connectivity index is 1.89. The van der Waals surface area contributed by atoms with Crippen LogP contribution in [0, 0.1) is 0 Å². The Labute approximate surface area is 120 Å². The maximum absolute atomic E-state index is 5.85. The Hall–Kier alpha value is -0.880. The SMILES string of the molecule is NCCCNCCNCCCNc1cncc(Cl)c1. The van der Waals surface area contributed by atoms with E-state index in [0.717, 1.165) is 57.8 Å². The van der Waals surface area contributed by atoms with Crippen LogP contribution in [0.25, 0.3) is 0 Å². The molecule has 0 saturated heterocycles. The summed E-state index contributed by atoms with van der Waals surface area (Å²) < 4.78 is 0. The fourth-order valence-electron chi connectivity index (χ4n) is 1.61. The number of nitrogens with one attached hydrogen (secondary N) is 3. The molecule has 0 bridgehead atoms. The van der Waals surface area contributed by atoms with Crippen LogP contribution in [0.15, 0.2) is 18.5 Å². The van der Waals surface area contributed by atoms with Crippen LogP contribution >= 0.6 is 11.6 Å². The normalized spacial score (nSPS) is 10.6. The van der Waals surface area contributed by atoms with Gasteiger partial charge in [0, 0.05) is 25.8 Å². The van der Waals surface area contributed by atoms with Crippen molar-refractivity contribution in [2.24, 2.45) is 5.73 Å². The summed E-state index contributed by atoms with van der Waals surface area (Å²) in [7, 11) is 0. The molecule has 6 heteroatoms. The molecule has 0 unspecified atom stereocenters. The number of nitrogens with zero attached hydrogens (tertiary/aromatic N) is 1. The molecule has 1 rings (SSSR count). The van der Waals surface area contributed by atoms with E-state index < -0.39 is 0 Å². The number of halogens is 1. The smallest absolute Gasteiger partial charge is 0.0609 e. The predicted octanol–water partition coefficient (Wildman–Crippen LogP) is 1.06. The fourth-order valence-corrected chi connectivity index (χ4v) is 1.78. The first-order valence-electron chi connectivity index (χ1n) is 6.79. The Kier molecular flexibility index (Phi) is 9.36. The van der Waals surface area contributed by atoms with Gasteiger partial charge in [0.15, 0.2) is 0 Å². The Morgan fingerprint density at radius 3 is 2.42 bits per heavy atom. The molecule has 1 aromatic heterocycles. The highest BCUT2D eigenvalue weighted by molar-refractivity contribution is 6.30. The van der Waals surface area contributed by atoms with Gasteiger partial charge in [-0.05, 0) is 38.5 Å². The van der Waals surface area contributed by atoms with Crippen molar-refractivity contribution in [2.45, 2.75) is 12.8 Å². The molecule has 108 valence electrons. The first kappa shape index (κ1) is 16.2. The van der Waals surface area contributed by atoms with E-state index in [9.17, 15) is 0 Å². The lowest BCUT2D eigenvalue weighted by atomic mass is 10.3. The van der Waals surface area contributed by atoms with E-state index in [1.54, 1.807) is 12.4 Å². The standard InChI is InChI=1S/C13H24ClN5/c14-12-9-13(11-18-10-12)19-6-2-5-17-8-7-16-4-1-3-15/h9-11,16-17,19H,1-8,15H2. The van der Waals surface area contributed by atoms with Crippen molar-refractivity contribution in [3.63, 3.8) is 0 Å². The molecule has 5 N–H and O–H groups in total. The largest absolute Gasteiger partial charge is 0.384 e. The molecule has 0 aliphatic rings. The summed E-state index contributed by atoms with van der Waals surface area (Å²) in [5, 5.41) is 10.7. The van der Waals surface area contributed by atoms with Crippen LogP contribution in [0.1, 0.15) is 12.8 Å². The molecule has 1 aromatic rings. The molecule has 1 heterocycles. The topological polar surface area (TPSA) is 75.0 Å². The van der Waals surface area contributed by atoms with E-state index in [4.69, 9.17) is 17.3 Å². The van der Waals surface area contributed by atoms with Gasteiger partial charge in [-0.2, -0.15) is 0 Å². The van der Waals surface area contributed by atoms with E-state index in [2.05, 4.69) is 20.9 Å². The molecule has 0 saturated carbocycles. The number of rotatable bonds is 11. The van der Waals surface area contributed by atoms with Crippen LogP contribution in [-0.4, -0.2) is 44.3 Å². The van der Waals surface area contributed by atoms with Crippen LogP contribution in [0.5, 0.6) is 0 Å². The van der Waals surface area contributed by atoms with E-state index >= 15 is 0 Å². The second-order valence-corrected chi connectivity index (χ2v) is 4.75. The minimum atomic E-state index is 0.659. The van der Waals surface area contributed by atoms with Gasteiger partial charge in [0.05, 0.1) is 16.9 Å². The molecule has 0 aliphatic heterocycles. The molecule has 0 radical (unpaired) electrons. The highest BCUT2D eigenvalue weighted by Gasteiger charge is 1.94. The molecule has 0 spiro atoms. The predicted molar refractivity (Wildman–Crippen MR) is 81.8 cm³/mol. The number of nitrogens with two attached hydrogens (primary N) is 1. The summed E-state index contributed by atoms with van der Waals surface area (Å²) in [5.41, 5.74) is 6.37. The summed E-state index contributed by atoms with van der Waals surface area (Å²) in [6.07, 6.45) is 5.51. The zero-order valence-electron chi connectivity index (χ0n) is 11.3. The van der Waals surface area contributed by atoms with E-state index in [-0.39, 0.29) is 0 Å². The summed E-state index contributed by atoms with van der Waals surface area (Å²) in [4.78, 5) is 4.02. The van der Waals surface area contributed by atoms with Gasteiger partial charge in [0.25, 0.3) is 0 Å². The number of aromatic nitrogens is 1. The molecular weight excluding hydrogens is 262 g/mol. The minimum Gasteiger partial charge on any atom is -0.384 e. The minimum absolute atomic E-state index is 0.659. The number of hydrogen-bond acceptors (Lipinski definition) is 5. The van der Waals surface area contributed by atoms with Crippen molar-refractivity contribution >= 4 is 17.3 Å². The Morgan fingerprint density at radius 1 is 1.00 bits per heavy atom. The van der Waals surface area contributed by atoms with Crippen LogP contribution in [0.3, 0.4) is 0 Å². The number of pyridine rings is 1. The lowest BCUT2D eigenvalue weighted by Gasteiger charge is -2.08. The maximum Gasteiger partial charge on any atom is 0.0609 e. The third-order valence-electron chi connectivity index (χ3n) is 2.60. The second-order valence-electron chi connectivity index (χ2n) is 4.31. The van der Waals surface area contributed by atoms with Crippen LogP contribution in [0.2, 0.25) is 5.02 Å². The highest BCUT2D eigenvalue weighted by atomic mass is 35.5. The molecule has 5 nitrogen and oxygen atoms in total. The van der Waals surface area contributed by atoms with Gasteiger partial charge in [0.2, 0.25) is 0 Å². The lowest BCUT2D eigenvalue weighted by molar-refractivity contribution is 0.592. The van der Waals surface area contributed by atoms with Crippen molar-refractivity contribution in [1.29, 1.82) is 0 Å². The fraction of sp³-hybridized carbons (Fsp3) is 0.615. The van der Waals surface area contributed by atoms with Gasteiger partial charge < -0.3 is 21.7 Å². The third kappa shape index (κ3) is 8.77. The Bertz CT molecular complexity index is 335. The van der Waals surface area contributed by atoms with Gasteiger partial charge in [0.1, 0.15) is 0 Å². The Morgan fingerprint density at radius 2 is 1.74 bits per heavy atom. The van der Waals surface area contributed by atoms with Gasteiger partial charge in [-0.3, -0.25) is 4.98 Å². The number of anilines is 1. The molecule has 0 fully saturated rings. The van der Waals surface area contributed by atoms with E-state index in [0.29, 0.717) is 5.02 Å². The quantitative estimate of drug-likeness (QED) is 0.458. The first-order chi connectivity index (χ1) is 9.33. The molecule has 0 amide bonds. The molecule has 0 atom stereocenters. The van der Waals surface area contributed by atoms with Crippen molar-refractivity contribution in [1.82, 2.24) is 15.6 Å². The summed E-state index contributed by atoms with van der Waals surface area (Å²) in [6.45, 7) is 5.65. The monoisotopic (exact) mass is 285 g/mol. The van der Waals surface area contributed by atoms with Crippen molar-refractivity contribution in [2.75, 3.05) is 44.6 Å². The zero-order valence-corrected chi connectivity index (χ0v) is 12.0. The van der Waals surface area contributed by atoms with Crippen LogP contribution < -0.4 is 21.7 Å². The summed E-state index contributed by atoms with van der Waals surface area (Å²) in [5.74, 6) is 0. The first-order valence-corrected chi connectivity index (χ1v) is 7.16. The van der Waals surface area contributed by atoms with Crippen molar-refractivity contribution < 1.29 is 0 Å². The molecule has 19 heavy (non-hydrogen) atoms. The molecular formula is C13H24ClN5. The van der Waals surface area contributed by atoms with Gasteiger partial charge in [-0.25, -0.2) is 0 Å². The lowest BCUT2D eigenvalue weighted by Crippen LogP contribution is -2.29. The second kappa shape index (κ2) is 11.0. The maximum atomic E-state index is 5.85. The van der Waals surface area contributed by atoms with Gasteiger partial charge in [-0.15, -0.1) is 0 Å². The van der Waals surface area contributed by atoms with Crippen LogP contribution in [0.4, 0.5) is 5.69 Å². The van der Waals surface area contributed by atoms with E-state index in [1.807, 2.05) is 6.07 Å². The number of hydrogen-bond donors (Lipinski definition) is 4. The summed E-state index contributed by atoms with van der Waals surface area (Å²) >= 11 is 5.85. The van der Waals surface area contributed by atoms with Crippen molar-refractivity contribution in [3.8, 4) is 0 Å². The van der Waals surface area contributed by atoms with Gasteiger partial charge >= 0.3 is 0 Å². The molecule has 0 aromatic carbocycles.